The molecule has 0 saturated carbocycles. The molecule has 13 heteroatoms. The summed E-state index contributed by atoms with van der Waals surface area (Å²) in [5.74, 6) is 6.13. The van der Waals surface area contributed by atoms with Gasteiger partial charge in [0.1, 0.15) is 11.9 Å². The molecule has 7 nitrogen and oxygen atoms in total. The van der Waals surface area contributed by atoms with Crippen LogP contribution in [0.1, 0.15) is 16.9 Å². The molecule has 2 unspecified atom stereocenters. The first-order chi connectivity index (χ1) is 19.4. The highest BCUT2D eigenvalue weighted by Crippen LogP contribution is 2.39. The molecule has 0 aliphatic carbocycles. The minimum atomic E-state index is -4.44. The number of methoxy groups -OCH3 is 1. The van der Waals surface area contributed by atoms with Crippen LogP contribution >= 0.6 is 11.3 Å². The van der Waals surface area contributed by atoms with Crippen molar-refractivity contribution in [3.8, 4) is 23.8 Å². The summed E-state index contributed by atoms with van der Waals surface area (Å²) in [7, 11) is 0.370. The fourth-order valence-electron chi connectivity index (χ4n) is 4.63. The molecule has 1 aliphatic rings. The van der Waals surface area contributed by atoms with Gasteiger partial charge in [0.2, 0.25) is 6.19 Å². The smallest absolute Gasteiger partial charge is 0.393 e. The third-order valence-electron chi connectivity index (χ3n) is 6.68. The van der Waals surface area contributed by atoms with Gasteiger partial charge >= 0.3 is 6.18 Å². The van der Waals surface area contributed by atoms with Crippen LogP contribution in [0.4, 0.5) is 28.9 Å². The monoisotopic (exact) mass is 607 g/mol. The first kappa shape index (κ1) is 30.4. The highest BCUT2D eigenvalue weighted by atomic mass is 32.2. The molecule has 2 heterocycles. The van der Waals surface area contributed by atoms with Crippen LogP contribution in [0.3, 0.4) is 0 Å². The largest absolute Gasteiger partial charge is 0.495 e. The van der Waals surface area contributed by atoms with Crippen LogP contribution in [0.2, 0.25) is 0 Å². The molecule has 3 atom stereocenters. The number of thiophene rings is 1. The highest BCUT2D eigenvalue weighted by molar-refractivity contribution is 7.93. The summed E-state index contributed by atoms with van der Waals surface area (Å²) in [5, 5.41) is 15.5. The average Bonchev–Trinajstić information content (AvgIpc) is 3.24. The van der Waals surface area contributed by atoms with Gasteiger partial charge in [0.05, 0.1) is 61.7 Å². The number of fused-ring (bicyclic) bond motifs is 1. The van der Waals surface area contributed by atoms with Gasteiger partial charge in [-0.2, -0.15) is 18.4 Å². The molecule has 41 heavy (non-hydrogen) atoms. The number of ether oxygens (including phenoxy) is 1. The maximum Gasteiger partial charge on any atom is 0.393 e. The Balaban J connectivity index is 1.60. The molecule has 0 radical (unpaired) electrons. The summed E-state index contributed by atoms with van der Waals surface area (Å²) in [5.41, 5.74) is 1.21. The minimum Gasteiger partial charge on any atom is -0.495 e. The lowest BCUT2D eigenvalue weighted by Crippen LogP contribution is -2.46. The summed E-state index contributed by atoms with van der Waals surface area (Å²) < 4.78 is 77.4. The Morgan fingerprint density at radius 2 is 2.05 bits per heavy atom. The number of nitriles is 1. The first-order valence-corrected chi connectivity index (χ1v) is 15.4. The molecule has 1 fully saturated rings. The van der Waals surface area contributed by atoms with E-state index in [0.717, 1.165) is 17.9 Å². The lowest BCUT2D eigenvalue weighted by molar-refractivity contribution is -0.126. The van der Waals surface area contributed by atoms with Gasteiger partial charge < -0.3 is 20.3 Å². The Hall–Kier alpha value is -3.52. The van der Waals surface area contributed by atoms with Crippen molar-refractivity contribution in [1.29, 1.82) is 5.26 Å². The number of likely N-dealkylation sites (tertiary alicyclic amines) is 1. The van der Waals surface area contributed by atoms with Crippen molar-refractivity contribution >= 4 is 42.5 Å². The second-order valence-corrected chi connectivity index (χ2v) is 13.0. The Kier molecular flexibility index (Phi) is 9.32. The zero-order valence-electron chi connectivity index (χ0n) is 22.6. The highest BCUT2D eigenvalue weighted by Gasteiger charge is 2.32. The predicted octanol–water partition coefficient (Wildman–Crippen LogP) is 5.87. The van der Waals surface area contributed by atoms with Crippen LogP contribution in [0.15, 0.2) is 45.7 Å². The van der Waals surface area contributed by atoms with E-state index in [1.54, 1.807) is 36.5 Å². The Bertz CT molecular complexity index is 1650. The molecular formula is C28H29F4N5O2S2. The summed E-state index contributed by atoms with van der Waals surface area (Å²) in [6.45, 7) is 1.10. The second-order valence-electron chi connectivity index (χ2n) is 9.71. The number of nitrogens with zero attached hydrogens (tertiary/aromatic N) is 3. The molecule has 218 valence electrons. The normalized spacial score (nSPS) is 19.0. The van der Waals surface area contributed by atoms with E-state index in [4.69, 9.17) is 10.00 Å². The van der Waals surface area contributed by atoms with Crippen molar-refractivity contribution < 1.29 is 26.5 Å². The molecule has 0 bridgehead atoms. The van der Waals surface area contributed by atoms with Crippen LogP contribution in [0.25, 0.3) is 10.1 Å². The van der Waals surface area contributed by atoms with Crippen LogP contribution in [-0.4, -0.2) is 67.5 Å². The van der Waals surface area contributed by atoms with Gasteiger partial charge in [-0.25, -0.2) is 8.60 Å². The quantitative estimate of drug-likeness (QED) is 0.198. The van der Waals surface area contributed by atoms with E-state index >= 15 is 0 Å². The SMILES string of the molecule is COc1cc(S(C)(=O)=NC#N)ccc1NCC#Cc1sc2c(NC3CCN(C)C[C@H]3F)cccc2c1CC(F)(F)F. The van der Waals surface area contributed by atoms with E-state index < -0.39 is 34.5 Å². The van der Waals surface area contributed by atoms with Crippen molar-refractivity contribution in [2.24, 2.45) is 4.36 Å². The van der Waals surface area contributed by atoms with Crippen molar-refractivity contribution in [3.63, 3.8) is 0 Å². The second kappa shape index (κ2) is 12.6. The first-order valence-electron chi connectivity index (χ1n) is 12.6. The standard InChI is InChI=1S/C28H29F4N5O2S2/c1-37-13-11-22(21(29)16-37)36-24-7-4-6-19-20(15-28(30,31)32)26(40-27(19)24)8-5-12-34-23-10-9-18(14-25(23)39-2)41(3,38)35-17-33/h4,6-7,9-10,14,21-22,34,36H,11-13,15-16H2,1-3H3/t21-,22?,41?/m1/s1. The fraction of sp³-hybridized carbons (Fsp3) is 0.393. The van der Waals surface area contributed by atoms with E-state index in [1.165, 1.54) is 19.4 Å². The maximum atomic E-state index is 14.7. The number of benzene rings is 2. The lowest BCUT2D eigenvalue weighted by Gasteiger charge is -2.33. The molecule has 0 spiro atoms. The number of halogens is 4. The Morgan fingerprint density at radius 3 is 2.73 bits per heavy atom. The van der Waals surface area contributed by atoms with E-state index in [1.807, 2.05) is 11.9 Å². The van der Waals surface area contributed by atoms with Gasteiger partial charge in [0.25, 0.3) is 0 Å². The Morgan fingerprint density at radius 1 is 1.27 bits per heavy atom. The van der Waals surface area contributed by atoms with E-state index in [-0.39, 0.29) is 12.1 Å². The summed E-state index contributed by atoms with van der Waals surface area (Å²) in [6, 6.07) is 9.31. The molecular weight excluding hydrogens is 578 g/mol. The van der Waals surface area contributed by atoms with Gasteiger partial charge in [-0.15, -0.1) is 15.7 Å². The maximum absolute atomic E-state index is 14.7. The molecule has 1 saturated heterocycles. The molecule has 4 rings (SSSR count). The van der Waals surface area contributed by atoms with Crippen molar-refractivity contribution in [1.82, 2.24) is 4.90 Å². The van der Waals surface area contributed by atoms with E-state index in [9.17, 15) is 21.8 Å². The van der Waals surface area contributed by atoms with Gasteiger partial charge in [0.15, 0.2) is 0 Å². The lowest BCUT2D eigenvalue weighted by atomic mass is 10.0. The molecule has 3 aromatic rings. The summed E-state index contributed by atoms with van der Waals surface area (Å²) in [4.78, 5) is 2.52. The van der Waals surface area contributed by atoms with Gasteiger partial charge in [-0.05, 0) is 48.7 Å². The summed E-state index contributed by atoms with van der Waals surface area (Å²) >= 11 is 1.15. The van der Waals surface area contributed by atoms with Crippen LogP contribution < -0.4 is 15.4 Å². The van der Waals surface area contributed by atoms with Crippen LogP contribution in [-0.2, 0) is 16.1 Å². The number of hydrogen-bond acceptors (Lipinski definition) is 8. The van der Waals surface area contributed by atoms with Gasteiger partial charge in [-0.3, -0.25) is 0 Å². The van der Waals surface area contributed by atoms with Crippen LogP contribution in [0.5, 0.6) is 5.75 Å². The number of nitrogens with one attached hydrogen (secondary N) is 2. The predicted molar refractivity (Wildman–Crippen MR) is 155 cm³/mol. The van der Waals surface area contributed by atoms with E-state index in [2.05, 4.69) is 26.8 Å². The number of anilines is 2. The van der Waals surface area contributed by atoms with Gasteiger partial charge in [0, 0.05) is 19.3 Å². The fourth-order valence-corrected chi connectivity index (χ4v) is 6.71. The van der Waals surface area contributed by atoms with Crippen molar-refractivity contribution in [2.45, 2.75) is 36.1 Å². The van der Waals surface area contributed by atoms with Crippen molar-refractivity contribution in [3.05, 3.63) is 46.8 Å². The average molecular weight is 608 g/mol. The zero-order chi connectivity index (χ0) is 29.8. The molecule has 0 amide bonds. The number of piperidine rings is 1. The molecule has 2 N–H and O–H groups in total. The van der Waals surface area contributed by atoms with Gasteiger partial charge in [-0.1, -0.05) is 24.0 Å². The zero-order valence-corrected chi connectivity index (χ0v) is 24.3. The number of hydrogen-bond donors (Lipinski definition) is 2. The Labute approximate surface area is 240 Å². The molecule has 2 aromatic carbocycles. The minimum absolute atomic E-state index is 0.0870. The van der Waals surface area contributed by atoms with E-state index in [0.29, 0.717) is 49.9 Å². The third-order valence-corrected chi connectivity index (χ3v) is 9.43. The number of alkyl halides is 4. The third kappa shape index (κ3) is 7.41. The molecule has 1 aliphatic heterocycles. The summed E-state index contributed by atoms with van der Waals surface area (Å²) in [6.07, 6.45) is -3.18. The van der Waals surface area contributed by atoms with Crippen LogP contribution in [0, 0.1) is 23.3 Å². The topological polar surface area (TPSA) is 89.7 Å². The van der Waals surface area contributed by atoms with Crippen molar-refractivity contribution in [2.75, 3.05) is 50.7 Å². The number of rotatable bonds is 7. The molecule has 1 aromatic heterocycles.